The van der Waals surface area contributed by atoms with Gasteiger partial charge in [-0.15, -0.1) is 0 Å². The lowest BCUT2D eigenvalue weighted by molar-refractivity contribution is 0.249. The van der Waals surface area contributed by atoms with E-state index in [9.17, 15) is 4.79 Å². The maximum absolute atomic E-state index is 12.0. The van der Waals surface area contributed by atoms with E-state index in [0.29, 0.717) is 0 Å². The first-order valence-electron chi connectivity index (χ1n) is 6.79. The molecule has 1 aromatic carbocycles. The highest BCUT2D eigenvalue weighted by Crippen LogP contribution is 2.32. The zero-order valence-electron chi connectivity index (χ0n) is 11.7. The summed E-state index contributed by atoms with van der Waals surface area (Å²) < 4.78 is 0. The maximum atomic E-state index is 12.0. The zero-order chi connectivity index (χ0) is 14.1. The van der Waals surface area contributed by atoms with Crippen molar-refractivity contribution in [2.75, 3.05) is 25.5 Å². The number of urea groups is 1. The van der Waals surface area contributed by atoms with Gasteiger partial charge in [0.2, 0.25) is 0 Å². The number of benzene rings is 1. The van der Waals surface area contributed by atoms with Crippen molar-refractivity contribution in [2.45, 2.75) is 13.0 Å². The second kappa shape index (κ2) is 5.09. The third-order valence-electron chi connectivity index (χ3n) is 3.74. The average molecular weight is 270 g/mol. The number of pyridine rings is 1. The van der Waals surface area contributed by atoms with Gasteiger partial charge in [-0.1, -0.05) is 18.2 Å². The number of hydrogen-bond acceptors (Lipinski definition) is 3. The minimum atomic E-state index is -0.117. The topological polar surface area (TPSA) is 57.3 Å². The number of carbonyl (C=O) groups excluding carboxylic acids is 1. The third kappa shape index (κ3) is 2.00. The van der Waals surface area contributed by atoms with Crippen LogP contribution in [-0.4, -0.2) is 31.7 Å². The van der Waals surface area contributed by atoms with Crippen LogP contribution in [0.15, 0.2) is 24.3 Å². The monoisotopic (exact) mass is 270 g/mol. The highest BCUT2D eigenvalue weighted by molar-refractivity contribution is 6.03. The van der Waals surface area contributed by atoms with Crippen molar-refractivity contribution in [1.82, 2.24) is 15.6 Å². The molecule has 5 nitrogen and oxygen atoms in total. The Morgan fingerprint density at radius 2 is 2.20 bits per heavy atom. The quantitative estimate of drug-likeness (QED) is 0.828. The van der Waals surface area contributed by atoms with E-state index in [1.54, 1.807) is 19.0 Å². The molecule has 0 bridgehead atoms. The number of amides is 2. The highest BCUT2D eigenvalue weighted by Gasteiger charge is 2.22. The van der Waals surface area contributed by atoms with E-state index in [-0.39, 0.29) is 6.03 Å². The molecule has 0 saturated heterocycles. The molecule has 104 valence electrons. The van der Waals surface area contributed by atoms with Crippen molar-refractivity contribution in [3.8, 4) is 0 Å². The van der Waals surface area contributed by atoms with Gasteiger partial charge in [0.25, 0.3) is 0 Å². The molecule has 1 aliphatic rings. The smallest absolute Gasteiger partial charge is 0.321 e. The Morgan fingerprint density at radius 1 is 1.40 bits per heavy atom. The van der Waals surface area contributed by atoms with Crippen molar-refractivity contribution in [1.29, 1.82) is 0 Å². The fourth-order valence-electron chi connectivity index (χ4n) is 2.75. The molecule has 0 radical (unpaired) electrons. The Hall–Kier alpha value is -2.14. The Bertz CT molecular complexity index is 668. The van der Waals surface area contributed by atoms with E-state index < -0.39 is 0 Å². The third-order valence-corrected chi connectivity index (χ3v) is 3.74. The van der Waals surface area contributed by atoms with E-state index in [1.165, 1.54) is 0 Å². The molecule has 0 fully saturated rings. The molecule has 20 heavy (non-hydrogen) atoms. The van der Waals surface area contributed by atoms with E-state index in [2.05, 4.69) is 10.6 Å². The van der Waals surface area contributed by atoms with Crippen LogP contribution < -0.4 is 15.5 Å². The van der Waals surface area contributed by atoms with E-state index in [1.807, 2.05) is 24.3 Å². The van der Waals surface area contributed by atoms with Crippen molar-refractivity contribution < 1.29 is 4.79 Å². The summed E-state index contributed by atoms with van der Waals surface area (Å²) >= 11 is 0. The average Bonchev–Trinajstić information content (AvgIpc) is 2.51. The van der Waals surface area contributed by atoms with Crippen LogP contribution in [0, 0.1) is 0 Å². The molecule has 0 saturated carbocycles. The first-order valence-corrected chi connectivity index (χ1v) is 6.79. The van der Waals surface area contributed by atoms with Gasteiger partial charge in [-0.3, -0.25) is 9.88 Å². The highest BCUT2D eigenvalue weighted by atomic mass is 16.2. The Labute approximate surface area is 118 Å². The van der Waals surface area contributed by atoms with Gasteiger partial charge in [0.15, 0.2) is 0 Å². The first-order chi connectivity index (χ1) is 9.72. The predicted molar refractivity (Wildman–Crippen MR) is 80.0 cm³/mol. The number of hydrogen-bond donors (Lipinski definition) is 2. The standard InChI is InChI=1S/C15H18N4O/c1-16-15(20)19(2)14-10-5-3-4-6-12(10)18-13-7-8-17-9-11(13)14/h3-6,17H,7-9H2,1-2H3,(H,16,20). The number of aromatic nitrogens is 1. The van der Waals surface area contributed by atoms with Crippen LogP contribution in [0.2, 0.25) is 0 Å². The minimum Gasteiger partial charge on any atom is -0.341 e. The summed E-state index contributed by atoms with van der Waals surface area (Å²) in [5, 5.41) is 7.06. The van der Waals surface area contributed by atoms with Crippen molar-refractivity contribution in [3.05, 3.63) is 35.5 Å². The molecule has 5 heteroatoms. The van der Waals surface area contributed by atoms with Crippen LogP contribution in [0.25, 0.3) is 10.9 Å². The minimum absolute atomic E-state index is 0.117. The van der Waals surface area contributed by atoms with Gasteiger partial charge in [-0.25, -0.2) is 4.79 Å². The van der Waals surface area contributed by atoms with Gasteiger partial charge in [0.05, 0.1) is 11.2 Å². The molecule has 0 atom stereocenters. The summed E-state index contributed by atoms with van der Waals surface area (Å²) in [6, 6.07) is 7.86. The molecule has 0 unspecified atom stereocenters. The normalized spacial score (nSPS) is 13.9. The summed E-state index contributed by atoms with van der Waals surface area (Å²) in [6.45, 7) is 1.69. The van der Waals surface area contributed by atoms with Crippen LogP contribution >= 0.6 is 0 Å². The van der Waals surface area contributed by atoms with E-state index in [0.717, 1.165) is 47.4 Å². The van der Waals surface area contributed by atoms with Crippen LogP contribution in [0.5, 0.6) is 0 Å². The lowest BCUT2D eigenvalue weighted by Gasteiger charge is -2.26. The first kappa shape index (κ1) is 12.9. The molecular weight excluding hydrogens is 252 g/mol. The summed E-state index contributed by atoms with van der Waals surface area (Å²) in [7, 11) is 3.45. The zero-order valence-corrected chi connectivity index (χ0v) is 11.7. The molecule has 1 aromatic heterocycles. The van der Waals surface area contributed by atoms with Crippen molar-refractivity contribution >= 4 is 22.6 Å². The summed E-state index contributed by atoms with van der Waals surface area (Å²) in [5.41, 5.74) is 4.12. The number of anilines is 1. The predicted octanol–water partition coefficient (Wildman–Crippen LogP) is 1.66. The molecule has 0 aliphatic carbocycles. The van der Waals surface area contributed by atoms with Crippen molar-refractivity contribution in [3.63, 3.8) is 0 Å². The van der Waals surface area contributed by atoms with Gasteiger partial charge in [0.1, 0.15) is 0 Å². The summed E-state index contributed by atoms with van der Waals surface area (Å²) in [6.07, 6.45) is 0.898. The van der Waals surface area contributed by atoms with Crippen LogP contribution in [0.3, 0.4) is 0 Å². The number of rotatable bonds is 1. The van der Waals surface area contributed by atoms with Crippen LogP contribution in [0.1, 0.15) is 11.3 Å². The molecule has 0 spiro atoms. The Kier molecular flexibility index (Phi) is 3.28. The lowest BCUT2D eigenvalue weighted by atomic mass is 10.0. The van der Waals surface area contributed by atoms with Crippen molar-refractivity contribution in [2.24, 2.45) is 0 Å². The fraction of sp³-hybridized carbons (Fsp3) is 0.333. The Morgan fingerprint density at radius 3 is 3.00 bits per heavy atom. The molecule has 1 aliphatic heterocycles. The molecule has 2 aromatic rings. The molecule has 2 heterocycles. The Balaban J connectivity index is 2.28. The molecule has 2 N–H and O–H groups in total. The van der Waals surface area contributed by atoms with Crippen LogP contribution in [-0.2, 0) is 13.0 Å². The second-order valence-corrected chi connectivity index (χ2v) is 4.94. The van der Waals surface area contributed by atoms with Gasteiger partial charge in [0, 0.05) is 50.2 Å². The molecule has 2 amide bonds. The lowest BCUT2D eigenvalue weighted by Crippen LogP contribution is -2.37. The molecular formula is C15H18N4O. The number of nitrogens with one attached hydrogen (secondary N) is 2. The van der Waals surface area contributed by atoms with E-state index in [4.69, 9.17) is 4.98 Å². The van der Waals surface area contributed by atoms with Crippen LogP contribution in [0.4, 0.5) is 10.5 Å². The number of fused-ring (bicyclic) bond motifs is 2. The number of carbonyl (C=O) groups is 1. The van der Waals surface area contributed by atoms with Gasteiger partial charge in [-0.2, -0.15) is 0 Å². The largest absolute Gasteiger partial charge is 0.341 e. The SMILES string of the molecule is CNC(=O)N(C)c1c2c(nc3ccccc13)CCNC2. The number of nitrogens with zero attached hydrogens (tertiary/aromatic N) is 2. The molecule has 3 rings (SSSR count). The van der Waals surface area contributed by atoms with E-state index >= 15 is 0 Å². The summed E-state index contributed by atoms with van der Waals surface area (Å²) in [5.74, 6) is 0. The second-order valence-electron chi connectivity index (χ2n) is 4.94. The van der Waals surface area contributed by atoms with Gasteiger partial charge in [-0.05, 0) is 6.07 Å². The fourth-order valence-corrected chi connectivity index (χ4v) is 2.75. The summed E-state index contributed by atoms with van der Waals surface area (Å²) in [4.78, 5) is 18.4. The van der Waals surface area contributed by atoms with Gasteiger partial charge >= 0.3 is 6.03 Å². The number of para-hydroxylation sites is 1. The maximum Gasteiger partial charge on any atom is 0.321 e. The van der Waals surface area contributed by atoms with Gasteiger partial charge < -0.3 is 10.6 Å².